The average molecular weight is 522 g/mol. The molecule has 1 aliphatic rings. The van der Waals surface area contributed by atoms with Crippen LogP contribution in [0.3, 0.4) is 0 Å². The fraction of sp³-hybridized carbons (Fsp3) is 0.308. The quantitative estimate of drug-likeness (QED) is 0.233. The minimum atomic E-state index is 0.272. The van der Waals surface area contributed by atoms with Crippen LogP contribution < -0.4 is 20.5 Å². The molecule has 0 spiro atoms. The van der Waals surface area contributed by atoms with Crippen molar-refractivity contribution in [1.29, 1.82) is 0 Å². The summed E-state index contributed by atoms with van der Waals surface area (Å²) in [6.45, 7) is 5.34. The largest absolute Gasteiger partial charge is 0.491 e. The third-order valence-electron chi connectivity index (χ3n) is 5.93. The van der Waals surface area contributed by atoms with Crippen molar-refractivity contribution >= 4 is 39.7 Å². The number of hydrogen-bond donors (Lipinski definition) is 2. The Labute approximate surface area is 219 Å². The molecule has 0 bridgehead atoms. The van der Waals surface area contributed by atoms with Gasteiger partial charge in [-0.25, -0.2) is 9.97 Å². The summed E-state index contributed by atoms with van der Waals surface area (Å²) in [5.41, 5.74) is 9.04. The van der Waals surface area contributed by atoms with Crippen LogP contribution in [0.4, 0.5) is 17.2 Å². The molecule has 37 heavy (non-hydrogen) atoms. The molecule has 1 aliphatic heterocycles. The Morgan fingerprint density at radius 3 is 2.73 bits per heavy atom. The van der Waals surface area contributed by atoms with Gasteiger partial charge in [-0.3, -0.25) is 14.9 Å². The highest BCUT2D eigenvalue weighted by molar-refractivity contribution is 6.32. The molecule has 10 nitrogen and oxygen atoms in total. The highest BCUT2D eigenvalue weighted by atomic mass is 35.5. The number of morpholine rings is 1. The Morgan fingerprint density at radius 2 is 1.92 bits per heavy atom. The Morgan fingerprint density at radius 1 is 1.03 bits per heavy atom. The lowest BCUT2D eigenvalue weighted by Gasteiger charge is -2.26. The second-order valence-corrected chi connectivity index (χ2v) is 8.95. The van der Waals surface area contributed by atoms with E-state index in [1.807, 2.05) is 18.2 Å². The molecule has 1 saturated heterocycles. The maximum atomic E-state index is 6.46. The molecule has 4 aromatic rings. The lowest BCUT2D eigenvalue weighted by atomic mass is 10.2. The number of fused-ring (bicyclic) bond motifs is 1. The topological polar surface area (TPSA) is 121 Å². The van der Waals surface area contributed by atoms with Crippen LogP contribution in [0.5, 0.6) is 11.5 Å². The normalized spacial score (nSPS) is 14.0. The summed E-state index contributed by atoms with van der Waals surface area (Å²) in [6.07, 6.45) is 7.30. The molecule has 192 valence electrons. The van der Waals surface area contributed by atoms with Gasteiger partial charge in [0.25, 0.3) is 0 Å². The number of aromatic nitrogens is 4. The number of nitrogens with one attached hydrogen (secondary N) is 1. The van der Waals surface area contributed by atoms with E-state index in [9.17, 15) is 0 Å². The molecule has 0 amide bonds. The van der Waals surface area contributed by atoms with Gasteiger partial charge in [0, 0.05) is 49.2 Å². The van der Waals surface area contributed by atoms with Gasteiger partial charge in [-0.2, -0.15) is 0 Å². The highest BCUT2D eigenvalue weighted by Gasteiger charge is 2.12. The average Bonchev–Trinajstić information content (AvgIpc) is 2.92. The smallest absolute Gasteiger partial charge is 0.144 e. The Hall–Kier alpha value is -3.73. The summed E-state index contributed by atoms with van der Waals surface area (Å²) < 4.78 is 17.1. The van der Waals surface area contributed by atoms with E-state index in [1.165, 1.54) is 6.33 Å². The molecule has 0 aliphatic carbocycles. The maximum Gasteiger partial charge on any atom is 0.144 e. The molecular weight excluding hydrogens is 494 g/mol. The molecule has 1 fully saturated rings. The minimum absolute atomic E-state index is 0.272. The zero-order valence-electron chi connectivity index (χ0n) is 20.3. The van der Waals surface area contributed by atoms with E-state index < -0.39 is 0 Å². The summed E-state index contributed by atoms with van der Waals surface area (Å²) >= 11 is 6.46. The predicted molar refractivity (Wildman–Crippen MR) is 142 cm³/mol. The van der Waals surface area contributed by atoms with Crippen LogP contribution in [-0.4, -0.2) is 64.3 Å². The number of rotatable bonds is 10. The molecule has 0 saturated carbocycles. The van der Waals surface area contributed by atoms with Crippen molar-refractivity contribution in [3.05, 3.63) is 66.0 Å². The number of hydrogen-bond acceptors (Lipinski definition) is 10. The van der Waals surface area contributed by atoms with Crippen LogP contribution in [0, 0.1) is 0 Å². The first kappa shape index (κ1) is 24.9. The van der Waals surface area contributed by atoms with E-state index in [0.29, 0.717) is 40.3 Å². The van der Waals surface area contributed by atoms with Gasteiger partial charge in [-0.1, -0.05) is 11.6 Å². The van der Waals surface area contributed by atoms with Gasteiger partial charge >= 0.3 is 0 Å². The molecule has 0 unspecified atom stereocenters. The first-order valence-electron chi connectivity index (χ1n) is 12.1. The number of halogens is 1. The van der Waals surface area contributed by atoms with Gasteiger partial charge in [-0.05, 0) is 30.7 Å². The molecule has 3 heterocycles. The first-order chi connectivity index (χ1) is 18.2. The second-order valence-electron chi connectivity index (χ2n) is 8.54. The van der Waals surface area contributed by atoms with Gasteiger partial charge in [0.15, 0.2) is 0 Å². The molecule has 0 radical (unpaired) electrons. The van der Waals surface area contributed by atoms with Crippen molar-refractivity contribution in [3.8, 4) is 11.5 Å². The van der Waals surface area contributed by atoms with E-state index in [4.69, 9.17) is 31.5 Å². The fourth-order valence-corrected chi connectivity index (χ4v) is 4.24. The first-order valence-corrected chi connectivity index (χ1v) is 12.4. The molecule has 3 N–H and O–H groups in total. The SMILES string of the molecule is Nc1cc2c(Nc3ccc(OCc4cnccn4)c(Cl)c3)ncnc2cc1OCCCN1CCOCC1. The summed E-state index contributed by atoms with van der Waals surface area (Å²) in [4.78, 5) is 19.4. The van der Waals surface area contributed by atoms with Crippen LogP contribution >= 0.6 is 11.6 Å². The third-order valence-corrected chi connectivity index (χ3v) is 6.23. The van der Waals surface area contributed by atoms with E-state index in [0.717, 1.165) is 55.9 Å². The third kappa shape index (κ3) is 6.53. The number of anilines is 3. The van der Waals surface area contributed by atoms with Crippen molar-refractivity contribution in [3.63, 3.8) is 0 Å². The van der Waals surface area contributed by atoms with Gasteiger partial charge in [0.05, 0.1) is 47.9 Å². The molecular formula is C26H28ClN7O3. The number of nitrogen functional groups attached to an aromatic ring is 1. The Bertz CT molecular complexity index is 1340. The molecule has 11 heteroatoms. The Kier molecular flexibility index (Phi) is 8.09. The highest BCUT2D eigenvalue weighted by Crippen LogP contribution is 2.33. The minimum Gasteiger partial charge on any atom is -0.491 e. The van der Waals surface area contributed by atoms with Crippen molar-refractivity contribution in [2.45, 2.75) is 13.0 Å². The lowest BCUT2D eigenvalue weighted by molar-refractivity contribution is 0.0358. The maximum absolute atomic E-state index is 6.46. The zero-order valence-corrected chi connectivity index (χ0v) is 21.0. The van der Waals surface area contributed by atoms with Crippen molar-refractivity contribution in [1.82, 2.24) is 24.8 Å². The van der Waals surface area contributed by atoms with Gasteiger partial charge in [-0.15, -0.1) is 0 Å². The standard InChI is InChI=1S/C26H28ClN7O3/c27-21-12-18(2-3-24(21)37-16-19-15-29-4-5-30-19)33-26-20-13-22(28)25(14-23(20)31-17-32-26)36-9-1-6-34-7-10-35-11-8-34/h2-5,12-15,17H,1,6-11,16,28H2,(H,31,32,33). The summed E-state index contributed by atoms with van der Waals surface area (Å²) in [7, 11) is 0. The summed E-state index contributed by atoms with van der Waals surface area (Å²) in [5.74, 6) is 1.77. The van der Waals surface area contributed by atoms with E-state index in [2.05, 4.69) is 30.2 Å². The van der Waals surface area contributed by atoms with Crippen LogP contribution in [0.2, 0.25) is 5.02 Å². The van der Waals surface area contributed by atoms with Crippen molar-refractivity contribution in [2.24, 2.45) is 0 Å². The molecule has 5 rings (SSSR count). The van der Waals surface area contributed by atoms with Gasteiger partial charge < -0.3 is 25.3 Å². The van der Waals surface area contributed by atoms with E-state index in [1.54, 1.807) is 30.7 Å². The number of nitrogens with zero attached hydrogens (tertiary/aromatic N) is 5. The summed E-state index contributed by atoms with van der Waals surface area (Å²) in [5, 5.41) is 4.53. The van der Waals surface area contributed by atoms with E-state index in [-0.39, 0.29) is 6.61 Å². The predicted octanol–water partition coefficient (Wildman–Crippen LogP) is 4.08. The van der Waals surface area contributed by atoms with Crippen molar-refractivity contribution in [2.75, 3.05) is 50.5 Å². The number of ether oxygens (including phenoxy) is 3. The lowest BCUT2D eigenvalue weighted by Crippen LogP contribution is -2.37. The molecule has 2 aromatic carbocycles. The number of benzene rings is 2. The fourth-order valence-electron chi connectivity index (χ4n) is 4.01. The Balaban J connectivity index is 1.23. The van der Waals surface area contributed by atoms with Crippen molar-refractivity contribution < 1.29 is 14.2 Å². The monoisotopic (exact) mass is 521 g/mol. The van der Waals surface area contributed by atoms with Crippen LogP contribution in [0.1, 0.15) is 12.1 Å². The molecule has 0 atom stereocenters. The second kappa shape index (κ2) is 12.0. The van der Waals surface area contributed by atoms with Crippen LogP contribution in [-0.2, 0) is 11.3 Å². The van der Waals surface area contributed by atoms with E-state index >= 15 is 0 Å². The zero-order chi connectivity index (χ0) is 25.5. The van der Waals surface area contributed by atoms with Crippen LogP contribution in [0.25, 0.3) is 10.9 Å². The summed E-state index contributed by atoms with van der Waals surface area (Å²) in [6, 6.07) is 9.11. The van der Waals surface area contributed by atoms with Crippen LogP contribution in [0.15, 0.2) is 55.2 Å². The molecule has 2 aromatic heterocycles. The number of nitrogens with two attached hydrogens (primary N) is 1. The van der Waals surface area contributed by atoms with Gasteiger partial charge in [0.1, 0.15) is 30.3 Å². The van der Waals surface area contributed by atoms with Gasteiger partial charge in [0.2, 0.25) is 0 Å².